The van der Waals surface area contributed by atoms with Crippen molar-refractivity contribution < 1.29 is 4.74 Å². The number of aryl methyl sites for hydroxylation is 1. The molecule has 0 radical (unpaired) electrons. The fraction of sp³-hybridized carbons (Fsp3) is 0.333. The second kappa shape index (κ2) is 5.69. The van der Waals surface area contributed by atoms with Gasteiger partial charge in [0, 0.05) is 11.3 Å². The van der Waals surface area contributed by atoms with E-state index < -0.39 is 0 Å². The molecule has 1 N–H and O–H groups in total. The van der Waals surface area contributed by atoms with Gasteiger partial charge in [0.2, 0.25) is 0 Å². The Morgan fingerprint density at radius 3 is 2.53 bits per heavy atom. The number of H-pyrrole nitrogens is 1. The predicted molar refractivity (Wildman–Crippen MR) is 74.5 cm³/mol. The zero-order chi connectivity index (χ0) is 13.8. The van der Waals surface area contributed by atoms with Gasteiger partial charge in [-0.25, -0.2) is 4.98 Å². The summed E-state index contributed by atoms with van der Waals surface area (Å²) < 4.78 is 5.57. The minimum absolute atomic E-state index is 0.0749. The van der Waals surface area contributed by atoms with Gasteiger partial charge in [0.15, 0.2) is 0 Å². The lowest BCUT2D eigenvalue weighted by Gasteiger charge is -2.10. The van der Waals surface area contributed by atoms with Crippen molar-refractivity contribution in [3.63, 3.8) is 0 Å². The Morgan fingerprint density at radius 1 is 1.26 bits per heavy atom. The van der Waals surface area contributed by atoms with Crippen LogP contribution in [0, 0.1) is 6.92 Å². The number of aromatic amines is 1. The number of nitrogens with zero attached hydrogens (tertiary/aromatic N) is 1. The highest BCUT2D eigenvalue weighted by Gasteiger charge is 2.11. The molecule has 0 amide bonds. The van der Waals surface area contributed by atoms with Crippen molar-refractivity contribution in [2.24, 2.45) is 0 Å². The summed E-state index contributed by atoms with van der Waals surface area (Å²) in [5, 5.41) is 0. The molecule has 19 heavy (non-hydrogen) atoms. The first-order valence-corrected chi connectivity index (χ1v) is 6.35. The molecule has 0 spiro atoms. The molecule has 1 aromatic carbocycles. The highest BCUT2D eigenvalue weighted by atomic mass is 16.5. The number of aromatic nitrogens is 2. The van der Waals surface area contributed by atoms with Crippen LogP contribution in [-0.2, 0) is 6.61 Å². The van der Waals surface area contributed by atoms with E-state index in [0.717, 1.165) is 17.0 Å². The van der Waals surface area contributed by atoms with E-state index in [9.17, 15) is 4.79 Å². The molecule has 0 fully saturated rings. The van der Waals surface area contributed by atoms with Crippen LogP contribution in [0.15, 0.2) is 35.1 Å². The number of hydrogen-bond donors (Lipinski definition) is 1. The van der Waals surface area contributed by atoms with Crippen molar-refractivity contribution in [1.82, 2.24) is 9.97 Å². The van der Waals surface area contributed by atoms with Gasteiger partial charge in [0.1, 0.15) is 18.2 Å². The van der Waals surface area contributed by atoms with Gasteiger partial charge in [-0.1, -0.05) is 32.0 Å². The molecule has 100 valence electrons. The van der Waals surface area contributed by atoms with Crippen molar-refractivity contribution in [3.05, 3.63) is 57.8 Å². The molecule has 0 aliphatic carbocycles. The van der Waals surface area contributed by atoms with Gasteiger partial charge in [-0.05, 0) is 25.0 Å². The number of nitrogens with one attached hydrogen (secondary N) is 1. The SMILES string of the molecule is Cc1nc(COc2ccccc2)[nH]c(=O)c1C(C)C. The second-order valence-corrected chi connectivity index (χ2v) is 4.77. The first-order chi connectivity index (χ1) is 9.08. The highest BCUT2D eigenvalue weighted by molar-refractivity contribution is 5.22. The fourth-order valence-electron chi connectivity index (χ4n) is 2.07. The zero-order valence-electron chi connectivity index (χ0n) is 11.4. The van der Waals surface area contributed by atoms with Crippen molar-refractivity contribution in [3.8, 4) is 5.75 Å². The average molecular weight is 258 g/mol. The summed E-state index contributed by atoms with van der Waals surface area (Å²) in [5.74, 6) is 1.48. The van der Waals surface area contributed by atoms with Gasteiger partial charge >= 0.3 is 0 Å². The summed E-state index contributed by atoms with van der Waals surface area (Å²) in [6.45, 7) is 6.09. The van der Waals surface area contributed by atoms with Gasteiger partial charge in [-0.2, -0.15) is 0 Å². The van der Waals surface area contributed by atoms with E-state index in [-0.39, 0.29) is 18.1 Å². The number of hydrogen-bond acceptors (Lipinski definition) is 3. The summed E-state index contributed by atoms with van der Waals surface area (Å²) in [7, 11) is 0. The second-order valence-electron chi connectivity index (χ2n) is 4.77. The van der Waals surface area contributed by atoms with E-state index in [1.54, 1.807) is 0 Å². The molecule has 0 atom stereocenters. The maximum absolute atomic E-state index is 12.0. The van der Waals surface area contributed by atoms with Crippen LogP contribution < -0.4 is 10.3 Å². The quantitative estimate of drug-likeness (QED) is 0.917. The lowest BCUT2D eigenvalue weighted by Crippen LogP contribution is -2.20. The topological polar surface area (TPSA) is 55.0 Å². The molecule has 2 aromatic rings. The van der Waals surface area contributed by atoms with Crippen LogP contribution >= 0.6 is 0 Å². The molecule has 4 nitrogen and oxygen atoms in total. The third kappa shape index (κ3) is 3.22. The van der Waals surface area contributed by atoms with Crippen molar-refractivity contribution in [2.75, 3.05) is 0 Å². The van der Waals surface area contributed by atoms with Crippen LogP contribution in [0.2, 0.25) is 0 Å². The van der Waals surface area contributed by atoms with Crippen LogP contribution in [0.4, 0.5) is 0 Å². The highest BCUT2D eigenvalue weighted by Crippen LogP contribution is 2.13. The van der Waals surface area contributed by atoms with Crippen molar-refractivity contribution >= 4 is 0 Å². The normalized spacial score (nSPS) is 10.7. The standard InChI is InChI=1S/C15H18N2O2/c1-10(2)14-11(3)16-13(17-15(14)18)9-19-12-7-5-4-6-8-12/h4-8,10H,9H2,1-3H3,(H,16,17,18). The lowest BCUT2D eigenvalue weighted by molar-refractivity contribution is 0.295. The van der Waals surface area contributed by atoms with Crippen LogP contribution in [-0.4, -0.2) is 9.97 Å². The molecule has 0 aliphatic heterocycles. The Balaban J connectivity index is 2.17. The van der Waals surface area contributed by atoms with Gasteiger partial charge in [-0.3, -0.25) is 4.79 Å². The summed E-state index contributed by atoms with van der Waals surface area (Å²) in [6.07, 6.45) is 0. The van der Waals surface area contributed by atoms with Gasteiger partial charge in [-0.15, -0.1) is 0 Å². The molecule has 0 saturated carbocycles. The number of rotatable bonds is 4. The number of ether oxygens (including phenoxy) is 1. The van der Waals surface area contributed by atoms with Gasteiger partial charge < -0.3 is 9.72 Å². The molecule has 0 unspecified atom stereocenters. The smallest absolute Gasteiger partial charge is 0.254 e. The van der Waals surface area contributed by atoms with Crippen LogP contribution in [0.3, 0.4) is 0 Å². The van der Waals surface area contributed by atoms with Crippen LogP contribution in [0.1, 0.15) is 36.8 Å². The monoisotopic (exact) mass is 258 g/mol. The van der Waals surface area contributed by atoms with Crippen molar-refractivity contribution in [1.29, 1.82) is 0 Å². The molecule has 4 heteroatoms. The molecular formula is C15H18N2O2. The maximum Gasteiger partial charge on any atom is 0.254 e. The summed E-state index contributed by atoms with van der Waals surface area (Å²) >= 11 is 0. The van der Waals surface area contributed by atoms with Gasteiger partial charge in [0.05, 0.1) is 0 Å². The maximum atomic E-state index is 12.0. The van der Waals surface area contributed by atoms with E-state index in [2.05, 4.69) is 9.97 Å². The number of para-hydroxylation sites is 1. The third-order valence-electron chi connectivity index (χ3n) is 2.89. The molecular weight excluding hydrogens is 240 g/mol. The van der Waals surface area contributed by atoms with E-state index in [0.29, 0.717) is 5.82 Å². The molecule has 2 rings (SSSR count). The Morgan fingerprint density at radius 2 is 1.95 bits per heavy atom. The Labute approximate surface area is 112 Å². The molecule has 0 aliphatic rings. The molecule has 1 aromatic heterocycles. The Bertz CT molecular complexity index is 603. The van der Waals surface area contributed by atoms with Crippen LogP contribution in [0.5, 0.6) is 5.75 Å². The number of benzene rings is 1. The molecule has 0 saturated heterocycles. The zero-order valence-corrected chi connectivity index (χ0v) is 11.4. The Kier molecular flexibility index (Phi) is 4.00. The minimum atomic E-state index is -0.0749. The van der Waals surface area contributed by atoms with E-state index >= 15 is 0 Å². The lowest BCUT2D eigenvalue weighted by atomic mass is 10.0. The van der Waals surface area contributed by atoms with Crippen LogP contribution in [0.25, 0.3) is 0 Å². The third-order valence-corrected chi connectivity index (χ3v) is 2.89. The largest absolute Gasteiger partial charge is 0.486 e. The van der Waals surface area contributed by atoms with Gasteiger partial charge in [0.25, 0.3) is 5.56 Å². The summed E-state index contributed by atoms with van der Waals surface area (Å²) in [4.78, 5) is 19.1. The molecule has 0 bridgehead atoms. The summed E-state index contributed by atoms with van der Waals surface area (Å²) in [6, 6.07) is 9.46. The van der Waals surface area contributed by atoms with E-state index in [4.69, 9.17) is 4.74 Å². The predicted octanol–water partition coefficient (Wildman–Crippen LogP) is 2.78. The average Bonchev–Trinajstić information content (AvgIpc) is 2.36. The first-order valence-electron chi connectivity index (χ1n) is 6.35. The van der Waals surface area contributed by atoms with Crippen molar-refractivity contribution in [2.45, 2.75) is 33.3 Å². The molecule has 1 heterocycles. The Hall–Kier alpha value is -2.10. The van der Waals surface area contributed by atoms with E-state index in [1.165, 1.54) is 0 Å². The first kappa shape index (κ1) is 13.3. The fourth-order valence-corrected chi connectivity index (χ4v) is 2.07. The minimum Gasteiger partial charge on any atom is -0.486 e. The van der Waals surface area contributed by atoms with E-state index in [1.807, 2.05) is 51.1 Å². The summed E-state index contributed by atoms with van der Waals surface area (Å²) in [5.41, 5.74) is 1.43.